The number of fused-ring (bicyclic) bond motifs is 1. The van der Waals surface area contributed by atoms with E-state index in [0.717, 1.165) is 29.9 Å². The maximum absolute atomic E-state index is 12.2. The SMILES string of the molecule is CCC(COC(=O)[C@@H](N)C(C)C)Nc1nc(N(CC)Cc2ccccc2)c2ncn(C(C)C)c2n1. The van der Waals surface area contributed by atoms with E-state index in [4.69, 9.17) is 20.4 Å². The van der Waals surface area contributed by atoms with Gasteiger partial charge in [0.2, 0.25) is 5.95 Å². The molecule has 3 N–H and O–H groups in total. The van der Waals surface area contributed by atoms with Crippen LogP contribution in [-0.4, -0.2) is 50.7 Å². The van der Waals surface area contributed by atoms with E-state index in [1.807, 2.05) is 49.9 Å². The summed E-state index contributed by atoms with van der Waals surface area (Å²) in [7, 11) is 0. The zero-order chi connectivity index (χ0) is 25.5. The predicted molar refractivity (Wildman–Crippen MR) is 140 cm³/mol. The molecule has 0 aliphatic carbocycles. The predicted octanol–water partition coefficient (Wildman–Crippen LogP) is 4.15. The van der Waals surface area contributed by atoms with Crippen LogP contribution in [0.4, 0.5) is 11.8 Å². The van der Waals surface area contributed by atoms with E-state index in [-0.39, 0.29) is 24.6 Å². The molecule has 2 heterocycles. The van der Waals surface area contributed by atoms with Crippen molar-refractivity contribution in [3.05, 3.63) is 42.2 Å². The quantitative estimate of drug-likeness (QED) is 0.371. The smallest absolute Gasteiger partial charge is 0.323 e. The number of ether oxygens (including phenoxy) is 1. The monoisotopic (exact) mass is 481 g/mol. The molecule has 0 spiro atoms. The van der Waals surface area contributed by atoms with Crippen molar-refractivity contribution < 1.29 is 9.53 Å². The van der Waals surface area contributed by atoms with E-state index in [1.165, 1.54) is 5.56 Å². The first-order valence-corrected chi connectivity index (χ1v) is 12.5. The number of aromatic nitrogens is 4. The summed E-state index contributed by atoms with van der Waals surface area (Å²) in [5.41, 5.74) is 8.66. The van der Waals surface area contributed by atoms with Crippen LogP contribution < -0.4 is 16.0 Å². The summed E-state index contributed by atoms with van der Waals surface area (Å²) < 4.78 is 7.54. The molecular formula is C26H39N7O2. The van der Waals surface area contributed by atoms with Crippen molar-refractivity contribution in [1.82, 2.24) is 19.5 Å². The van der Waals surface area contributed by atoms with Gasteiger partial charge in [-0.2, -0.15) is 9.97 Å². The molecule has 2 atom stereocenters. The molecule has 0 radical (unpaired) electrons. The summed E-state index contributed by atoms with van der Waals surface area (Å²) in [5.74, 6) is 0.884. The van der Waals surface area contributed by atoms with Crippen molar-refractivity contribution >= 4 is 28.9 Å². The molecule has 9 nitrogen and oxygen atoms in total. The minimum Gasteiger partial charge on any atom is -0.462 e. The maximum Gasteiger partial charge on any atom is 0.323 e. The van der Waals surface area contributed by atoms with Crippen molar-refractivity contribution in [2.75, 3.05) is 23.4 Å². The van der Waals surface area contributed by atoms with Gasteiger partial charge in [-0.3, -0.25) is 4.79 Å². The number of esters is 1. The fraction of sp³-hybridized carbons (Fsp3) is 0.538. The van der Waals surface area contributed by atoms with Crippen LogP contribution in [0.5, 0.6) is 0 Å². The summed E-state index contributed by atoms with van der Waals surface area (Å²) >= 11 is 0. The van der Waals surface area contributed by atoms with Gasteiger partial charge in [0.15, 0.2) is 17.0 Å². The number of anilines is 2. The fourth-order valence-corrected chi connectivity index (χ4v) is 3.70. The van der Waals surface area contributed by atoms with Crippen LogP contribution >= 0.6 is 0 Å². The number of nitrogens with one attached hydrogen (secondary N) is 1. The molecule has 0 fully saturated rings. The van der Waals surface area contributed by atoms with E-state index in [0.29, 0.717) is 12.5 Å². The first-order valence-electron chi connectivity index (χ1n) is 12.5. The first-order chi connectivity index (χ1) is 16.7. The molecular weight excluding hydrogens is 442 g/mol. The number of carbonyl (C=O) groups is 1. The van der Waals surface area contributed by atoms with Crippen LogP contribution in [0.1, 0.15) is 59.6 Å². The molecule has 1 unspecified atom stereocenters. The van der Waals surface area contributed by atoms with Crippen molar-refractivity contribution in [3.63, 3.8) is 0 Å². The van der Waals surface area contributed by atoms with Crippen LogP contribution in [0.15, 0.2) is 36.7 Å². The molecule has 0 aliphatic heterocycles. The standard InChI is InChI=1S/C26H39N7O2/c1-7-20(15-35-25(34)21(27)17(3)4)29-26-30-23(22-24(31-26)33(16-28-22)18(5)6)32(8-2)14-19-12-10-9-11-13-19/h9-13,16-18,20-21H,7-8,14-15,27H2,1-6H3,(H,29,30,31)/t20?,21-/m0/s1. The van der Waals surface area contributed by atoms with Gasteiger partial charge in [-0.15, -0.1) is 0 Å². The lowest BCUT2D eigenvalue weighted by Crippen LogP contribution is -2.39. The number of imidazole rings is 1. The fourth-order valence-electron chi connectivity index (χ4n) is 3.70. The Morgan fingerprint density at radius 3 is 2.46 bits per heavy atom. The minimum absolute atomic E-state index is 0.0183. The topological polar surface area (TPSA) is 111 Å². The Labute approximate surface area is 208 Å². The van der Waals surface area contributed by atoms with E-state index < -0.39 is 12.0 Å². The Morgan fingerprint density at radius 1 is 1.14 bits per heavy atom. The number of rotatable bonds is 12. The van der Waals surface area contributed by atoms with E-state index in [2.05, 4.69) is 48.1 Å². The number of carbonyl (C=O) groups excluding carboxylic acids is 1. The van der Waals surface area contributed by atoms with Gasteiger partial charge in [-0.05, 0) is 38.7 Å². The van der Waals surface area contributed by atoms with Crippen LogP contribution in [0.2, 0.25) is 0 Å². The Hall–Kier alpha value is -3.20. The molecule has 3 aromatic rings. The average molecular weight is 482 g/mol. The second kappa shape index (κ2) is 12.0. The molecule has 190 valence electrons. The highest BCUT2D eigenvalue weighted by atomic mass is 16.5. The minimum atomic E-state index is -0.636. The van der Waals surface area contributed by atoms with Crippen LogP contribution in [0.25, 0.3) is 11.2 Å². The molecule has 1 aromatic carbocycles. The lowest BCUT2D eigenvalue weighted by Gasteiger charge is -2.24. The van der Waals surface area contributed by atoms with Crippen LogP contribution in [0, 0.1) is 5.92 Å². The Kier molecular flexibility index (Phi) is 9.03. The van der Waals surface area contributed by atoms with Gasteiger partial charge in [0.25, 0.3) is 0 Å². The largest absolute Gasteiger partial charge is 0.462 e. The number of benzene rings is 1. The van der Waals surface area contributed by atoms with E-state index in [9.17, 15) is 4.79 Å². The van der Waals surface area contributed by atoms with Gasteiger partial charge in [0, 0.05) is 19.1 Å². The highest BCUT2D eigenvalue weighted by Gasteiger charge is 2.22. The summed E-state index contributed by atoms with van der Waals surface area (Å²) in [4.78, 5) is 28.8. The summed E-state index contributed by atoms with van der Waals surface area (Å²) in [6, 6.07) is 9.72. The molecule has 0 saturated carbocycles. The zero-order valence-corrected chi connectivity index (χ0v) is 21.7. The second-order valence-electron chi connectivity index (χ2n) is 9.44. The van der Waals surface area contributed by atoms with Gasteiger partial charge in [-0.1, -0.05) is 51.1 Å². The lowest BCUT2D eigenvalue weighted by molar-refractivity contribution is -0.146. The Morgan fingerprint density at radius 2 is 1.86 bits per heavy atom. The molecule has 0 bridgehead atoms. The van der Waals surface area contributed by atoms with Gasteiger partial charge in [-0.25, -0.2) is 4.98 Å². The number of nitrogens with two attached hydrogens (primary N) is 1. The van der Waals surface area contributed by atoms with Crippen molar-refractivity contribution in [2.45, 2.75) is 72.6 Å². The number of hydrogen-bond donors (Lipinski definition) is 2. The highest BCUT2D eigenvalue weighted by Crippen LogP contribution is 2.27. The molecule has 9 heteroatoms. The van der Waals surface area contributed by atoms with Crippen molar-refractivity contribution in [1.29, 1.82) is 0 Å². The van der Waals surface area contributed by atoms with Crippen molar-refractivity contribution in [2.24, 2.45) is 11.7 Å². The molecule has 3 rings (SSSR count). The highest BCUT2D eigenvalue weighted by molar-refractivity contribution is 5.85. The van der Waals surface area contributed by atoms with Gasteiger partial charge in [0.1, 0.15) is 12.6 Å². The first kappa shape index (κ1) is 26.4. The Balaban J connectivity index is 1.91. The maximum atomic E-state index is 12.2. The molecule has 0 saturated heterocycles. The number of hydrogen-bond acceptors (Lipinski definition) is 8. The third-order valence-corrected chi connectivity index (χ3v) is 6.10. The molecule has 2 aromatic heterocycles. The summed E-state index contributed by atoms with van der Waals surface area (Å²) in [5, 5.41) is 3.38. The molecule has 0 aliphatic rings. The molecule has 0 amide bonds. The van der Waals surface area contributed by atoms with Crippen molar-refractivity contribution in [3.8, 4) is 0 Å². The second-order valence-corrected chi connectivity index (χ2v) is 9.44. The lowest BCUT2D eigenvalue weighted by atomic mass is 10.1. The van der Waals surface area contributed by atoms with Crippen LogP contribution in [0.3, 0.4) is 0 Å². The summed E-state index contributed by atoms with van der Waals surface area (Å²) in [6.45, 7) is 13.8. The van der Waals surface area contributed by atoms with E-state index >= 15 is 0 Å². The molecule has 35 heavy (non-hydrogen) atoms. The zero-order valence-electron chi connectivity index (χ0n) is 21.7. The van der Waals surface area contributed by atoms with E-state index in [1.54, 1.807) is 0 Å². The normalized spacial score (nSPS) is 13.3. The van der Waals surface area contributed by atoms with Crippen LogP contribution in [-0.2, 0) is 16.1 Å². The van der Waals surface area contributed by atoms with Gasteiger partial charge >= 0.3 is 5.97 Å². The third kappa shape index (κ3) is 6.48. The average Bonchev–Trinajstić information content (AvgIpc) is 3.28. The number of nitrogens with zero attached hydrogens (tertiary/aromatic N) is 5. The van der Waals surface area contributed by atoms with Gasteiger partial charge < -0.3 is 25.3 Å². The Bertz CT molecular complexity index is 1100. The third-order valence-electron chi connectivity index (χ3n) is 6.10. The van der Waals surface area contributed by atoms with Gasteiger partial charge in [0.05, 0.1) is 12.4 Å². The summed E-state index contributed by atoms with van der Waals surface area (Å²) in [6.07, 6.45) is 2.55.